The molecule has 0 radical (unpaired) electrons. The highest BCUT2D eigenvalue weighted by Crippen LogP contribution is 2.20. The number of halogens is 1. The minimum atomic E-state index is -1.03. The van der Waals surface area contributed by atoms with E-state index in [1.165, 1.54) is 11.1 Å². The molecular formula is C17H20BrN3O3. The molecule has 1 aromatic heterocycles. The summed E-state index contributed by atoms with van der Waals surface area (Å²) in [6.45, 7) is 5.24. The fourth-order valence-electron chi connectivity index (χ4n) is 2.44. The van der Waals surface area contributed by atoms with Crippen molar-refractivity contribution in [3.05, 3.63) is 46.2 Å². The number of nitrogens with zero attached hydrogens (tertiary/aromatic N) is 3. The third kappa shape index (κ3) is 3.84. The summed E-state index contributed by atoms with van der Waals surface area (Å²) in [5.74, 6) is -1.34. The number of aromatic nitrogens is 2. The summed E-state index contributed by atoms with van der Waals surface area (Å²) in [5.41, 5.74) is 1.92. The first-order valence-electron chi connectivity index (χ1n) is 7.68. The van der Waals surface area contributed by atoms with Crippen LogP contribution in [0.4, 0.5) is 0 Å². The van der Waals surface area contributed by atoms with Gasteiger partial charge in [-0.05, 0) is 38.5 Å². The molecule has 1 atom stereocenters. The summed E-state index contributed by atoms with van der Waals surface area (Å²) in [4.78, 5) is 25.3. The molecule has 0 bridgehead atoms. The van der Waals surface area contributed by atoms with E-state index in [1.807, 2.05) is 38.1 Å². The monoisotopic (exact) mass is 393 g/mol. The predicted octanol–water partition coefficient (Wildman–Crippen LogP) is 3.27. The molecule has 1 amide bonds. The number of amides is 1. The zero-order valence-corrected chi connectivity index (χ0v) is 15.4. The van der Waals surface area contributed by atoms with Gasteiger partial charge in [-0.1, -0.05) is 28.9 Å². The lowest BCUT2D eigenvalue weighted by Crippen LogP contribution is -2.42. The van der Waals surface area contributed by atoms with Crippen LogP contribution in [-0.2, 0) is 4.79 Å². The molecule has 2 aromatic rings. The van der Waals surface area contributed by atoms with Crippen molar-refractivity contribution in [2.75, 3.05) is 6.54 Å². The van der Waals surface area contributed by atoms with E-state index in [4.69, 9.17) is 5.11 Å². The molecule has 1 aromatic carbocycles. The Morgan fingerprint density at radius 1 is 1.42 bits per heavy atom. The van der Waals surface area contributed by atoms with Crippen LogP contribution in [0.1, 0.15) is 36.3 Å². The Balaban J connectivity index is 2.38. The molecule has 0 aliphatic heterocycles. The second-order valence-corrected chi connectivity index (χ2v) is 6.54. The van der Waals surface area contributed by atoms with Gasteiger partial charge in [0.2, 0.25) is 0 Å². The quantitative estimate of drug-likeness (QED) is 0.816. The molecule has 0 spiro atoms. The molecule has 128 valence electrons. The van der Waals surface area contributed by atoms with Crippen molar-refractivity contribution in [1.29, 1.82) is 0 Å². The molecule has 2 rings (SSSR count). The van der Waals surface area contributed by atoms with Crippen molar-refractivity contribution in [2.24, 2.45) is 0 Å². The van der Waals surface area contributed by atoms with Gasteiger partial charge in [0.25, 0.3) is 5.91 Å². The van der Waals surface area contributed by atoms with Crippen LogP contribution in [0.25, 0.3) is 5.69 Å². The van der Waals surface area contributed by atoms with Crippen LogP contribution in [0.2, 0.25) is 0 Å². The fraction of sp³-hybridized carbons (Fsp3) is 0.353. The fourth-order valence-corrected chi connectivity index (χ4v) is 2.82. The van der Waals surface area contributed by atoms with Crippen LogP contribution in [-0.4, -0.2) is 44.3 Å². The number of carbonyl (C=O) groups is 2. The predicted molar refractivity (Wildman–Crippen MR) is 94.4 cm³/mol. The molecule has 0 saturated heterocycles. The zero-order chi connectivity index (χ0) is 17.9. The molecule has 1 N–H and O–H groups in total. The Morgan fingerprint density at radius 3 is 2.71 bits per heavy atom. The molecule has 7 heteroatoms. The molecule has 0 aliphatic carbocycles. The number of aliphatic carboxylic acids is 1. The van der Waals surface area contributed by atoms with Gasteiger partial charge < -0.3 is 10.0 Å². The molecule has 0 aliphatic rings. The van der Waals surface area contributed by atoms with E-state index in [9.17, 15) is 9.59 Å². The van der Waals surface area contributed by atoms with Crippen LogP contribution < -0.4 is 0 Å². The van der Waals surface area contributed by atoms with Crippen molar-refractivity contribution in [2.45, 2.75) is 33.2 Å². The van der Waals surface area contributed by atoms with E-state index in [2.05, 4.69) is 21.0 Å². The number of hydrogen-bond donors (Lipinski definition) is 1. The van der Waals surface area contributed by atoms with Gasteiger partial charge in [-0.15, -0.1) is 0 Å². The lowest BCUT2D eigenvalue weighted by atomic mass is 10.1. The normalized spacial score (nSPS) is 12.0. The number of carboxylic acids is 1. The second-order valence-electron chi connectivity index (χ2n) is 5.62. The third-order valence-corrected chi connectivity index (χ3v) is 4.48. The highest BCUT2D eigenvalue weighted by Gasteiger charge is 2.26. The molecule has 24 heavy (non-hydrogen) atoms. The molecule has 1 heterocycles. The van der Waals surface area contributed by atoms with Gasteiger partial charge in [-0.3, -0.25) is 9.59 Å². The van der Waals surface area contributed by atoms with Crippen molar-refractivity contribution < 1.29 is 14.7 Å². The average Bonchev–Trinajstić information content (AvgIpc) is 2.92. The Bertz CT molecular complexity index is 757. The van der Waals surface area contributed by atoms with Crippen LogP contribution in [0, 0.1) is 6.92 Å². The first-order valence-corrected chi connectivity index (χ1v) is 8.47. The maximum absolute atomic E-state index is 12.8. The van der Waals surface area contributed by atoms with E-state index in [0.29, 0.717) is 17.7 Å². The average molecular weight is 394 g/mol. The lowest BCUT2D eigenvalue weighted by Gasteiger charge is -2.26. The Morgan fingerprint density at radius 2 is 2.12 bits per heavy atom. The third-order valence-electron chi connectivity index (χ3n) is 3.98. The van der Waals surface area contributed by atoms with E-state index in [1.54, 1.807) is 11.6 Å². The van der Waals surface area contributed by atoms with E-state index < -0.39 is 5.97 Å². The summed E-state index contributed by atoms with van der Waals surface area (Å²) in [5, 5.41) is 13.4. The van der Waals surface area contributed by atoms with E-state index in [0.717, 1.165) is 10.2 Å². The summed E-state index contributed by atoms with van der Waals surface area (Å²) in [7, 11) is 0. The Labute approximate surface area is 149 Å². The minimum absolute atomic E-state index is 0.165. The van der Waals surface area contributed by atoms with Crippen LogP contribution in [0.15, 0.2) is 34.9 Å². The van der Waals surface area contributed by atoms with Crippen LogP contribution in [0.3, 0.4) is 0 Å². The Hall–Kier alpha value is -2.15. The largest absolute Gasteiger partial charge is 0.480 e. The number of carbonyl (C=O) groups excluding carboxylic acids is 1. The van der Waals surface area contributed by atoms with Gasteiger partial charge in [0.1, 0.15) is 6.54 Å². The summed E-state index contributed by atoms with van der Waals surface area (Å²) in [6, 6.07) is 7.42. The number of rotatable bonds is 6. The molecule has 6 nitrogen and oxygen atoms in total. The van der Waals surface area contributed by atoms with Crippen LogP contribution in [0.5, 0.6) is 0 Å². The topological polar surface area (TPSA) is 75.4 Å². The first kappa shape index (κ1) is 18.2. The molecule has 0 fully saturated rings. The standard InChI is InChI=1S/C17H20BrN3O3/c1-4-11(2)20(10-16(22)23)17(24)15-9-19-21(12(15)3)14-7-5-6-13(18)8-14/h5-9,11H,4,10H2,1-3H3,(H,22,23). The van der Waals surface area contributed by atoms with Crippen molar-refractivity contribution in [1.82, 2.24) is 14.7 Å². The number of hydrogen-bond acceptors (Lipinski definition) is 3. The maximum Gasteiger partial charge on any atom is 0.323 e. The highest BCUT2D eigenvalue weighted by atomic mass is 79.9. The SMILES string of the molecule is CCC(C)N(CC(=O)O)C(=O)c1cnn(-c2cccc(Br)c2)c1C. The zero-order valence-electron chi connectivity index (χ0n) is 13.9. The first-order chi connectivity index (χ1) is 11.3. The summed E-state index contributed by atoms with van der Waals surface area (Å²) < 4.78 is 2.59. The van der Waals surface area contributed by atoms with E-state index >= 15 is 0 Å². The summed E-state index contributed by atoms with van der Waals surface area (Å²) in [6.07, 6.45) is 2.17. The lowest BCUT2D eigenvalue weighted by molar-refractivity contribution is -0.138. The van der Waals surface area contributed by atoms with Gasteiger partial charge in [0.15, 0.2) is 0 Å². The van der Waals surface area contributed by atoms with Crippen molar-refractivity contribution in [3.8, 4) is 5.69 Å². The molecular weight excluding hydrogens is 374 g/mol. The van der Waals surface area contributed by atoms with Gasteiger partial charge in [-0.25, -0.2) is 4.68 Å². The van der Waals surface area contributed by atoms with Gasteiger partial charge >= 0.3 is 5.97 Å². The maximum atomic E-state index is 12.8. The molecule has 1 unspecified atom stereocenters. The highest BCUT2D eigenvalue weighted by molar-refractivity contribution is 9.10. The second kappa shape index (κ2) is 7.61. The van der Waals surface area contributed by atoms with Crippen molar-refractivity contribution >= 4 is 27.8 Å². The van der Waals surface area contributed by atoms with E-state index in [-0.39, 0.29) is 18.5 Å². The number of carboxylic acid groups (broad SMARTS) is 1. The van der Waals surface area contributed by atoms with Crippen LogP contribution >= 0.6 is 15.9 Å². The van der Waals surface area contributed by atoms with Gasteiger partial charge in [0, 0.05) is 10.5 Å². The van der Waals surface area contributed by atoms with Gasteiger partial charge in [0.05, 0.1) is 23.1 Å². The Kier molecular flexibility index (Phi) is 5.77. The molecule has 0 saturated carbocycles. The van der Waals surface area contributed by atoms with Gasteiger partial charge in [-0.2, -0.15) is 5.10 Å². The van der Waals surface area contributed by atoms with Crippen molar-refractivity contribution in [3.63, 3.8) is 0 Å². The minimum Gasteiger partial charge on any atom is -0.480 e. The number of benzene rings is 1. The summed E-state index contributed by atoms with van der Waals surface area (Å²) >= 11 is 3.42. The smallest absolute Gasteiger partial charge is 0.323 e.